The Morgan fingerprint density at radius 1 is 0.359 bits per heavy atom. The zero-order valence-corrected chi connectivity index (χ0v) is 21.3. The van der Waals surface area contributed by atoms with Gasteiger partial charge in [-0.3, -0.25) is 0 Å². The highest BCUT2D eigenvalue weighted by Gasteiger charge is 2.12. The molecule has 0 aliphatic carbocycles. The quantitative estimate of drug-likeness (QED) is 0.246. The molecule has 0 aliphatic rings. The Morgan fingerprint density at radius 2 is 0.769 bits per heavy atom. The number of anilines is 1. The van der Waals surface area contributed by atoms with E-state index in [9.17, 15) is 0 Å². The lowest BCUT2D eigenvalue weighted by molar-refractivity contribution is 1.18. The lowest BCUT2D eigenvalue weighted by Gasteiger charge is -2.11. The summed E-state index contributed by atoms with van der Waals surface area (Å²) in [6.07, 6.45) is 0. The first kappa shape index (κ1) is 22.9. The largest absolute Gasteiger partial charge is 0.399 e. The topological polar surface area (TPSA) is 51.8 Å². The van der Waals surface area contributed by atoms with Crippen molar-refractivity contribution in [1.29, 1.82) is 0 Å². The van der Waals surface area contributed by atoms with E-state index in [0.717, 1.165) is 44.9 Å². The van der Waals surface area contributed by atoms with Gasteiger partial charge in [0.25, 0.3) is 0 Å². The zero-order chi connectivity index (χ0) is 26.2. The van der Waals surface area contributed by atoms with E-state index in [2.05, 4.69) is 115 Å². The first-order valence-corrected chi connectivity index (χ1v) is 13.0. The molecule has 0 fully saturated rings. The molecule has 0 atom stereocenters. The van der Waals surface area contributed by atoms with E-state index in [1.165, 1.54) is 21.5 Å². The van der Waals surface area contributed by atoms with Crippen LogP contribution in [0.15, 0.2) is 140 Å². The summed E-state index contributed by atoms with van der Waals surface area (Å²) in [7, 11) is 0. The van der Waals surface area contributed by atoms with Gasteiger partial charge in [0, 0.05) is 22.4 Å². The van der Waals surface area contributed by atoms with Gasteiger partial charge in [0.1, 0.15) is 0 Å². The van der Waals surface area contributed by atoms with Gasteiger partial charge in [-0.25, -0.2) is 9.97 Å². The molecule has 0 radical (unpaired) electrons. The molecule has 2 N–H and O–H groups in total. The fourth-order valence-corrected chi connectivity index (χ4v) is 5.06. The number of rotatable bonds is 4. The minimum absolute atomic E-state index is 0.702. The molecule has 6 aromatic carbocycles. The molecule has 1 aromatic heterocycles. The predicted octanol–water partition coefficient (Wildman–Crippen LogP) is 9.03. The van der Waals surface area contributed by atoms with Crippen LogP contribution >= 0.6 is 0 Å². The average molecular weight is 500 g/mol. The SMILES string of the molecule is Nc1ccc(-c2ccc(-c3nc(-c4ccc5ccccc5c4)cc(-c4ccc5ccccc5c4)n3)cc2)cc1. The average Bonchev–Trinajstić information content (AvgIpc) is 3.01. The number of nitrogens with two attached hydrogens (primary N) is 1. The van der Waals surface area contributed by atoms with Crippen molar-refractivity contribution < 1.29 is 0 Å². The van der Waals surface area contributed by atoms with Gasteiger partial charge in [0.05, 0.1) is 11.4 Å². The van der Waals surface area contributed by atoms with E-state index in [1.54, 1.807) is 0 Å². The summed E-state index contributed by atoms with van der Waals surface area (Å²) in [6.45, 7) is 0. The van der Waals surface area contributed by atoms with Crippen molar-refractivity contribution in [3.05, 3.63) is 140 Å². The molecule has 0 saturated heterocycles. The highest BCUT2D eigenvalue weighted by Crippen LogP contribution is 2.31. The molecule has 0 bridgehead atoms. The maximum Gasteiger partial charge on any atom is 0.160 e. The summed E-state index contributed by atoms with van der Waals surface area (Å²) in [5.41, 5.74) is 13.8. The molecule has 1 heterocycles. The lowest BCUT2D eigenvalue weighted by Crippen LogP contribution is -1.96. The minimum atomic E-state index is 0.702. The maximum absolute atomic E-state index is 5.87. The van der Waals surface area contributed by atoms with Crippen LogP contribution in [0, 0.1) is 0 Å². The second kappa shape index (κ2) is 9.55. The van der Waals surface area contributed by atoms with Crippen molar-refractivity contribution in [2.24, 2.45) is 0 Å². The number of hydrogen-bond acceptors (Lipinski definition) is 3. The van der Waals surface area contributed by atoms with Crippen molar-refractivity contribution in [1.82, 2.24) is 9.97 Å². The molecule has 0 amide bonds. The van der Waals surface area contributed by atoms with Crippen molar-refractivity contribution in [2.45, 2.75) is 0 Å². The number of nitrogens with zero attached hydrogens (tertiary/aromatic N) is 2. The Labute approximate surface area is 227 Å². The molecule has 7 aromatic rings. The molecule has 0 saturated carbocycles. The number of aromatic nitrogens is 2. The van der Waals surface area contributed by atoms with Gasteiger partial charge in [0.2, 0.25) is 0 Å². The summed E-state index contributed by atoms with van der Waals surface area (Å²) in [4.78, 5) is 10.1. The maximum atomic E-state index is 5.87. The van der Waals surface area contributed by atoms with Crippen LogP contribution in [-0.2, 0) is 0 Å². The highest BCUT2D eigenvalue weighted by molar-refractivity contribution is 5.89. The Hall–Kier alpha value is -5.28. The molecule has 0 unspecified atom stereocenters. The van der Waals surface area contributed by atoms with Crippen molar-refractivity contribution in [2.75, 3.05) is 5.73 Å². The van der Waals surface area contributed by atoms with Crippen LogP contribution in [0.3, 0.4) is 0 Å². The van der Waals surface area contributed by atoms with Crippen LogP contribution in [0.25, 0.3) is 66.6 Å². The van der Waals surface area contributed by atoms with E-state index in [1.807, 2.05) is 24.3 Å². The second-order valence-corrected chi connectivity index (χ2v) is 9.79. The number of benzene rings is 6. The summed E-state index contributed by atoms with van der Waals surface area (Å²) in [5.74, 6) is 0.702. The summed E-state index contributed by atoms with van der Waals surface area (Å²) < 4.78 is 0. The van der Waals surface area contributed by atoms with Crippen LogP contribution in [0.2, 0.25) is 0 Å². The number of fused-ring (bicyclic) bond motifs is 2. The first-order chi connectivity index (χ1) is 19.2. The predicted molar refractivity (Wildman–Crippen MR) is 163 cm³/mol. The molecule has 7 rings (SSSR count). The third kappa shape index (κ3) is 4.51. The van der Waals surface area contributed by atoms with Crippen LogP contribution in [0.5, 0.6) is 0 Å². The van der Waals surface area contributed by atoms with Crippen molar-refractivity contribution in [3.8, 4) is 45.0 Å². The summed E-state index contributed by atoms with van der Waals surface area (Å²) >= 11 is 0. The van der Waals surface area contributed by atoms with E-state index < -0.39 is 0 Å². The van der Waals surface area contributed by atoms with E-state index >= 15 is 0 Å². The van der Waals surface area contributed by atoms with Gasteiger partial charge >= 0.3 is 0 Å². The molecule has 0 aliphatic heterocycles. The van der Waals surface area contributed by atoms with E-state index in [-0.39, 0.29) is 0 Å². The van der Waals surface area contributed by atoms with Gasteiger partial charge in [-0.1, -0.05) is 109 Å². The Balaban J connectivity index is 1.36. The third-order valence-corrected chi connectivity index (χ3v) is 7.20. The van der Waals surface area contributed by atoms with Crippen LogP contribution in [0.4, 0.5) is 5.69 Å². The normalized spacial score (nSPS) is 11.2. The monoisotopic (exact) mass is 499 g/mol. The van der Waals surface area contributed by atoms with E-state index in [0.29, 0.717) is 5.82 Å². The zero-order valence-electron chi connectivity index (χ0n) is 21.3. The van der Waals surface area contributed by atoms with Crippen LogP contribution < -0.4 is 5.73 Å². The smallest absolute Gasteiger partial charge is 0.160 e. The second-order valence-electron chi connectivity index (χ2n) is 9.79. The Bertz CT molecular complexity index is 1860. The highest BCUT2D eigenvalue weighted by atomic mass is 14.9. The van der Waals surface area contributed by atoms with Crippen LogP contribution in [0.1, 0.15) is 0 Å². The molecule has 3 heteroatoms. The van der Waals surface area contributed by atoms with Crippen molar-refractivity contribution in [3.63, 3.8) is 0 Å². The standard InChI is InChI=1S/C36H25N3/c37-33-19-17-27(18-20-33)26-9-13-28(14-10-26)36-38-34(31-15-11-24-5-1-3-7-29(24)21-31)23-35(39-36)32-16-12-25-6-2-4-8-30(25)22-32/h1-23H,37H2. The van der Waals surface area contributed by atoms with Gasteiger partial charge in [-0.15, -0.1) is 0 Å². The molecular formula is C36H25N3. The van der Waals surface area contributed by atoms with Gasteiger partial charge in [-0.05, 0) is 63.0 Å². The third-order valence-electron chi connectivity index (χ3n) is 7.20. The number of nitrogen functional groups attached to an aromatic ring is 1. The summed E-state index contributed by atoms with van der Waals surface area (Å²) in [6, 6.07) is 48.3. The van der Waals surface area contributed by atoms with Gasteiger partial charge in [0.15, 0.2) is 5.82 Å². The first-order valence-electron chi connectivity index (χ1n) is 13.0. The molecule has 39 heavy (non-hydrogen) atoms. The molecule has 0 spiro atoms. The van der Waals surface area contributed by atoms with E-state index in [4.69, 9.17) is 15.7 Å². The minimum Gasteiger partial charge on any atom is -0.399 e. The van der Waals surface area contributed by atoms with Crippen LogP contribution in [-0.4, -0.2) is 9.97 Å². The fraction of sp³-hybridized carbons (Fsp3) is 0. The van der Waals surface area contributed by atoms with Gasteiger partial charge in [-0.2, -0.15) is 0 Å². The molecule has 3 nitrogen and oxygen atoms in total. The van der Waals surface area contributed by atoms with Gasteiger partial charge < -0.3 is 5.73 Å². The van der Waals surface area contributed by atoms with Crippen molar-refractivity contribution >= 4 is 27.2 Å². The number of hydrogen-bond donors (Lipinski definition) is 1. The molecule has 184 valence electrons. The lowest BCUT2D eigenvalue weighted by atomic mass is 10.0. The Kier molecular flexibility index (Phi) is 5.60. The summed E-state index contributed by atoms with van der Waals surface area (Å²) in [5, 5.41) is 4.80. The fourth-order valence-electron chi connectivity index (χ4n) is 5.06. The molecular weight excluding hydrogens is 474 g/mol. The Morgan fingerprint density at radius 3 is 1.28 bits per heavy atom.